The lowest BCUT2D eigenvalue weighted by molar-refractivity contribution is -0.0805. The highest BCUT2D eigenvalue weighted by Crippen LogP contribution is 2.26. The van der Waals surface area contributed by atoms with Crippen molar-refractivity contribution >= 4 is 27.5 Å². The summed E-state index contributed by atoms with van der Waals surface area (Å²) in [4.78, 5) is 3.55. The molecule has 6 heteroatoms. The van der Waals surface area contributed by atoms with Gasteiger partial charge in [0.2, 0.25) is 0 Å². The number of halogens is 4. The van der Waals surface area contributed by atoms with E-state index in [0.29, 0.717) is 0 Å². The van der Waals surface area contributed by atoms with Crippen LogP contribution in [-0.2, 0) is 0 Å². The maximum Gasteiger partial charge on any atom is 0.459 e. The van der Waals surface area contributed by atoms with E-state index in [1.807, 2.05) is 15.9 Å². The van der Waals surface area contributed by atoms with Crippen LogP contribution in [0.2, 0.25) is 5.15 Å². The molecular formula is C6H3BrClF2NO. The summed E-state index contributed by atoms with van der Waals surface area (Å²) in [7, 11) is 0. The standard InChI is InChI=1S/C6H3BrClF2NO/c7-6(9,10)12-4-1-2-5(8)11-3-4/h1-3H. The highest BCUT2D eigenvalue weighted by molar-refractivity contribution is 9.09. The Hall–Kier alpha value is -0.420. The number of pyridine rings is 1. The van der Waals surface area contributed by atoms with E-state index in [1.165, 1.54) is 12.1 Å². The summed E-state index contributed by atoms with van der Waals surface area (Å²) in [6, 6.07) is 2.65. The minimum Gasteiger partial charge on any atom is -0.422 e. The van der Waals surface area contributed by atoms with Crippen molar-refractivity contribution in [1.82, 2.24) is 4.98 Å². The van der Waals surface area contributed by atoms with Crippen molar-refractivity contribution in [3.8, 4) is 5.75 Å². The van der Waals surface area contributed by atoms with Crippen molar-refractivity contribution in [2.45, 2.75) is 5.02 Å². The van der Waals surface area contributed by atoms with Gasteiger partial charge in [0.15, 0.2) is 0 Å². The van der Waals surface area contributed by atoms with Crippen LogP contribution in [0.1, 0.15) is 0 Å². The molecule has 0 bridgehead atoms. The largest absolute Gasteiger partial charge is 0.459 e. The number of alkyl halides is 3. The lowest BCUT2D eigenvalue weighted by atomic mass is 10.5. The van der Waals surface area contributed by atoms with Gasteiger partial charge in [0.1, 0.15) is 10.9 Å². The van der Waals surface area contributed by atoms with Crippen LogP contribution in [0, 0.1) is 0 Å². The molecule has 1 heterocycles. The van der Waals surface area contributed by atoms with Gasteiger partial charge in [-0.15, -0.1) is 0 Å². The quantitative estimate of drug-likeness (QED) is 0.601. The molecule has 0 atom stereocenters. The van der Waals surface area contributed by atoms with Gasteiger partial charge in [-0.05, 0) is 12.1 Å². The summed E-state index contributed by atoms with van der Waals surface area (Å²) in [6.45, 7) is 0. The second kappa shape index (κ2) is 3.53. The highest BCUT2D eigenvalue weighted by atomic mass is 79.9. The number of ether oxygens (including phenoxy) is 1. The third kappa shape index (κ3) is 3.32. The molecule has 0 aliphatic heterocycles. The second-order valence-electron chi connectivity index (χ2n) is 1.86. The van der Waals surface area contributed by atoms with Gasteiger partial charge in [0.05, 0.1) is 6.20 Å². The Morgan fingerprint density at radius 3 is 2.58 bits per heavy atom. The summed E-state index contributed by atoms with van der Waals surface area (Å²) in [5.74, 6) is -0.0544. The van der Waals surface area contributed by atoms with E-state index in [2.05, 4.69) is 9.72 Å². The molecule has 0 spiro atoms. The molecule has 2 nitrogen and oxygen atoms in total. The highest BCUT2D eigenvalue weighted by Gasteiger charge is 2.26. The van der Waals surface area contributed by atoms with Crippen LogP contribution in [0.3, 0.4) is 0 Å². The zero-order valence-corrected chi connectivity index (χ0v) is 7.94. The van der Waals surface area contributed by atoms with Crippen LogP contribution in [-0.4, -0.2) is 10.0 Å². The third-order valence-electron chi connectivity index (χ3n) is 0.934. The van der Waals surface area contributed by atoms with Gasteiger partial charge in [-0.1, -0.05) is 11.6 Å². The third-order valence-corrected chi connectivity index (χ3v) is 1.32. The fourth-order valence-corrected chi connectivity index (χ4v) is 0.855. The molecule has 1 rings (SSSR count). The van der Waals surface area contributed by atoms with Crippen LogP contribution in [0.5, 0.6) is 5.75 Å². The number of nitrogens with zero attached hydrogens (tertiary/aromatic N) is 1. The SMILES string of the molecule is FC(F)(Br)Oc1ccc(Cl)nc1. The van der Waals surface area contributed by atoms with Crippen LogP contribution in [0.15, 0.2) is 18.3 Å². The first-order chi connectivity index (χ1) is 5.47. The molecule has 0 unspecified atom stereocenters. The van der Waals surface area contributed by atoms with E-state index in [9.17, 15) is 8.78 Å². The number of aromatic nitrogens is 1. The van der Waals surface area contributed by atoms with Crippen molar-refractivity contribution in [3.63, 3.8) is 0 Å². The van der Waals surface area contributed by atoms with E-state index >= 15 is 0 Å². The molecular weight excluding hydrogens is 255 g/mol. The van der Waals surface area contributed by atoms with Gasteiger partial charge in [-0.2, -0.15) is 8.78 Å². The van der Waals surface area contributed by atoms with Crippen LogP contribution >= 0.6 is 27.5 Å². The minimum absolute atomic E-state index is 0.0544. The minimum atomic E-state index is -3.37. The maximum atomic E-state index is 12.1. The van der Waals surface area contributed by atoms with E-state index < -0.39 is 5.02 Å². The Morgan fingerprint density at radius 2 is 2.17 bits per heavy atom. The molecule has 0 aliphatic rings. The van der Waals surface area contributed by atoms with E-state index in [4.69, 9.17) is 11.6 Å². The molecule has 12 heavy (non-hydrogen) atoms. The summed E-state index contributed by atoms with van der Waals surface area (Å²) in [6.07, 6.45) is 1.11. The summed E-state index contributed by atoms with van der Waals surface area (Å²) in [5.41, 5.74) is 0. The Bertz CT molecular complexity index is 261. The molecule has 0 amide bonds. The molecule has 0 aromatic carbocycles. The fourth-order valence-electron chi connectivity index (χ4n) is 0.556. The Kier molecular flexibility index (Phi) is 2.85. The predicted octanol–water partition coefficient (Wildman–Crippen LogP) is 3.06. The molecule has 0 aliphatic carbocycles. The van der Waals surface area contributed by atoms with Gasteiger partial charge >= 0.3 is 5.02 Å². The first-order valence-electron chi connectivity index (χ1n) is 2.85. The number of hydrogen-bond acceptors (Lipinski definition) is 2. The fraction of sp³-hybridized carbons (Fsp3) is 0.167. The average molecular weight is 258 g/mol. The van der Waals surface area contributed by atoms with E-state index in [-0.39, 0.29) is 10.9 Å². The van der Waals surface area contributed by atoms with E-state index in [1.54, 1.807) is 0 Å². The van der Waals surface area contributed by atoms with Crippen molar-refractivity contribution in [1.29, 1.82) is 0 Å². The molecule has 1 aromatic rings. The van der Waals surface area contributed by atoms with Crippen LogP contribution < -0.4 is 4.74 Å². The second-order valence-corrected chi connectivity index (χ2v) is 3.17. The Labute approximate surface area is 80.6 Å². The lowest BCUT2D eigenvalue weighted by Crippen LogP contribution is -2.14. The van der Waals surface area contributed by atoms with Gasteiger partial charge in [0, 0.05) is 15.9 Å². The molecule has 0 N–H and O–H groups in total. The first-order valence-corrected chi connectivity index (χ1v) is 4.02. The monoisotopic (exact) mass is 257 g/mol. The van der Waals surface area contributed by atoms with Crippen molar-refractivity contribution in [2.24, 2.45) is 0 Å². The molecule has 0 fully saturated rings. The lowest BCUT2D eigenvalue weighted by Gasteiger charge is -2.09. The normalized spacial score (nSPS) is 11.3. The smallest absolute Gasteiger partial charge is 0.422 e. The number of hydrogen-bond donors (Lipinski definition) is 0. The van der Waals surface area contributed by atoms with Gasteiger partial charge in [0.25, 0.3) is 0 Å². The summed E-state index contributed by atoms with van der Waals surface area (Å²) >= 11 is 7.43. The van der Waals surface area contributed by atoms with Gasteiger partial charge in [-0.3, -0.25) is 0 Å². The average Bonchev–Trinajstić information content (AvgIpc) is 1.91. The topological polar surface area (TPSA) is 22.1 Å². The first kappa shape index (κ1) is 9.67. The van der Waals surface area contributed by atoms with Gasteiger partial charge < -0.3 is 4.74 Å². The predicted molar refractivity (Wildman–Crippen MR) is 43.7 cm³/mol. The molecule has 66 valence electrons. The Morgan fingerprint density at radius 1 is 1.50 bits per heavy atom. The van der Waals surface area contributed by atoms with Crippen LogP contribution in [0.25, 0.3) is 0 Å². The molecule has 0 saturated heterocycles. The van der Waals surface area contributed by atoms with Crippen molar-refractivity contribution in [3.05, 3.63) is 23.5 Å². The summed E-state index contributed by atoms with van der Waals surface area (Å²) < 4.78 is 28.4. The van der Waals surface area contributed by atoms with Crippen molar-refractivity contribution < 1.29 is 13.5 Å². The van der Waals surface area contributed by atoms with Crippen molar-refractivity contribution in [2.75, 3.05) is 0 Å². The Balaban J connectivity index is 2.71. The zero-order chi connectivity index (χ0) is 9.19. The molecule has 0 saturated carbocycles. The molecule has 1 aromatic heterocycles. The maximum absolute atomic E-state index is 12.1. The van der Waals surface area contributed by atoms with E-state index in [0.717, 1.165) is 6.20 Å². The zero-order valence-electron chi connectivity index (χ0n) is 5.60. The summed E-state index contributed by atoms with van der Waals surface area (Å²) in [5, 5.41) is -3.15. The van der Waals surface area contributed by atoms with Crippen LogP contribution in [0.4, 0.5) is 8.78 Å². The number of rotatable bonds is 2. The molecule has 0 radical (unpaired) electrons. The van der Waals surface area contributed by atoms with Gasteiger partial charge in [-0.25, -0.2) is 4.98 Å².